The third-order valence-electron chi connectivity index (χ3n) is 9.04. The maximum atomic E-state index is 14.0. The van der Waals surface area contributed by atoms with Crippen molar-refractivity contribution in [2.24, 2.45) is 5.41 Å². The second-order valence-electron chi connectivity index (χ2n) is 15.0. The first-order valence-corrected chi connectivity index (χ1v) is 19.2. The summed E-state index contributed by atoms with van der Waals surface area (Å²) < 4.78 is 6.50. The quantitative estimate of drug-likeness (QED) is 0.121. The summed E-state index contributed by atoms with van der Waals surface area (Å²) in [4.78, 5) is 52.8. The summed E-state index contributed by atoms with van der Waals surface area (Å²) in [5.41, 5.74) is 0.856. The van der Waals surface area contributed by atoms with E-state index in [2.05, 4.69) is 50.4 Å². The summed E-state index contributed by atoms with van der Waals surface area (Å²) in [5, 5.41) is 25.3. The number of aliphatic hydroxyl groups excluding tert-OH is 1. The van der Waals surface area contributed by atoms with Crippen molar-refractivity contribution in [2.45, 2.75) is 129 Å². The number of likely N-dealkylation sites (tertiary alicyclic amines) is 1. The number of carboxylic acids is 1. The van der Waals surface area contributed by atoms with E-state index in [0.29, 0.717) is 31.2 Å². The number of amides is 3. The Morgan fingerprint density at radius 2 is 1.59 bits per heavy atom. The van der Waals surface area contributed by atoms with Crippen LogP contribution in [0.25, 0.3) is 0 Å². The van der Waals surface area contributed by atoms with Crippen molar-refractivity contribution in [3.63, 3.8) is 0 Å². The Morgan fingerprint density at radius 3 is 2.11 bits per heavy atom. The van der Waals surface area contributed by atoms with Gasteiger partial charge in [-0.15, -0.1) is 6.42 Å². The van der Waals surface area contributed by atoms with Crippen LogP contribution in [0.3, 0.4) is 0 Å². The molecule has 0 saturated carbocycles. The van der Waals surface area contributed by atoms with Crippen molar-refractivity contribution in [3.8, 4) is 12.3 Å². The van der Waals surface area contributed by atoms with Crippen molar-refractivity contribution in [1.29, 1.82) is 0 Å². The molecule has 0 aromatic heterocycles. The van der Waals surface area contributed by atoms with Gasteiger partial charge in [-0.3, -0.25) is 19.2 Å². The minimum Gasteiger partial charge on any atom is -0.481 e. The van der Waals surface area contributed by atoms with Crippen molar-refractivity contribution < 1.29 is 33.8 Å². The van der Waals surface area contributed by atoms with Crippen LogP contribution in [0.2, 0.25) is 18.1 Å². The number of hydrogen-bond donors (Lipinski definition) is 4. The lowest BCUT2D eigenvalue weighted by Gasteiger charge is -2.38. The summed E-state index contributed by atoms with van der Waals surface area (Å²) in [5.74, 6) is 0.649. The number of benzene rings is 1. The number of carbonyl (C=O) groups is 4. The number of nitrogens with one attached hydrogen (secondary N) is 2. The van der Waals surface area contributed by atoms with Crippen LogP contribution in [-0.2, 0) is 23.6 Å². The second-order valence-corrected chi connectivity index (χ2v) is 19.8. The summed E-state index contributed by atoms with van der Waals surface area (Å²) in [7, 11) is -2.17. The average Bonchev–Trinajstić information content (AvgIpc) is 3.35. The maximum absolute atomic E-state index is 14.0. The number of terminal acetylenes is 1. The molecule has 1 aliphatic rings. The third-order valence-corrected chi connectivity index (χ3v) is 13.5. The number of hydrogen-bond acceptors (Lipinski definition) is 6. The van der Waals surface area contributed by atoms with Crippen molar-refractivity contribution in [3.05, 3.63) is 35.4 Å². The van der Waals surface area contributed by atoms with Crippen LogP contribution in [0.5, 0.6) is 0 Å². The first-order valence-electron chi connectivity index (χ1n) is 16.3. The van der Waals surface area contributed by atoms with E-state index in [-0.39, 0.29) is 43.4 Å². The molecular formula is C35H55N3O7Si. The minimum atomic E-state index is -2.17. The lowest BCUT2D eigenvalue weighted by molar-refractivity contribution is -0.144. The second kappa shape index (κ2) is 16.6. The largest absolute Gasteiger partial charge is 0.481 e. The van der Waals surface area contributed by atoms with Gasteiger partial charge in [-0.1, -0.05) is 72.4 Å². The van der Waals surface area contributed by atoms with Crippen LogP contribution in [-0.4, -0.2) is 78.5 Å². The van der Waals surface area contributed by atoms with Crippen LogP contribution in [0.4, 0.5) is 0 Å². The molecule has 4 N–H and O–H groups in total. The predicted molar refractivity (Wildman–Crippen MR) is 181 cm³/mol. The Bertz CT molecular complexity index is 1240. The van der Waals surface area contributed by atoms with E-state index in [1.807, 2.05) is 45.0 Å². The Kier molecular flexibility index (Phi) is 14.0. The maximum Gasteiger partial charge on any atom is 0.303 e. The van der Waals surface area contributed by atoms with Crippen LogP contribution in [0.15, 0.2) is 24.3 Å². The highest BCUT2D eigenvalue weighted by molar-refractivity contribution is 6.74. The number of unbranched alkanes of at least 4 members (excludes halogenated alkanes) is 3. The lowest BCUT2D eigenvalue weighted by atomic mass is 9.85. The Balaban J connectivity index is 2.21. The first kappa shape index (κ1) is 39.0. The van der Waals surface area contributed by atoms with E-state index in [0.717, 1.165) is 5.56 Å². The Hall–Kier alpha value is -3.20. The fourth-order valence-electron chi connectivity index (χ4n) is 5.08. The number of carbonyl (C=O) groups excluding carboxylic acids is 3. The fraction of sp³-hybridized carbons (Fsp3) is 0.657. The fourth-order valence-corrected chi connectivity index (χ4v) is 6.09. The van der Waals surface area contributed by atoms with Crippen molar-refractivity contribution >= 4 is 32.0 Å². The average molecular weight is 658 g/mol. The molecule has 11 heteroatoms. The van der Waals surface area contributed by atoms with E-state index in [1.54, 1.807) is 0 Å². The molecule has 0 radical (unpaired) electrons. The zero-order valence-electron chi connectivity index (χ0n) is 28.9. The Morgan fingerprint density at radius 1 is 1.00 bits per heavy atom. The molecule has 0 bridgehead atoms. The number of β-amino-alcohol motifs (C(OH)–C–C–N with tert-alkyl or cyclic N) is 1. The van der Waals surface area contributed by atoms with Gasteiger partial charge in [0.05, 0.1) is 18.8 Å². The lowest BCUT2D eigenvalue weighted by Crippen LogP contribution is -2.58. The summed E-state index contributed by atoms with van der Waals surface area (Å²) in [6.45, 7) is 16.5. The van der Waals surface area contributed by atoms with Gasteiger partial charge in [-0.05, 0) is 54.1 Å². The molecule has 0 spiro atoms. The van der Waals surface area contributed by atoms with Crippen LogP contribution in [0.1, 0.15) is 104 Å². The van der Waals surface area contributed by atoms with Gasteiger partial charge >= 0.3 is 5.97 Å². The molecule has 1 aromatic rings. The molecule has 1 heterocycles. The number of rotatable bonds is 15. The van der Waals surface area contributed by atoms with E-state index in [1.165, 1.54) is 4.90 Å². The molecule has 46 heavy (non-hydrogen) atoms. The monoisotopic (exact) mass is 657 g/mol. The molecule has 0 aliphatic carbocycles. The van der Waals surface area contributed by atoms with Crippen LogP contribution < -0.4 is 10.6 Å². The Labute approximate surface area is 276 Å². The number of carboxylic acid groups (broad SMARTS) is 1. The van der Waals surface area contributed by atoms with Crippen LogP contribution >= 0.6 is 0 Å². The molecule has 1 fully saturated rings. The summed E-state index contributed by atoms with van der Waals surface area (Å²) in [6.07, 6.45) is 7.59. The zero-order chi connectivity index (χ0) is 34.9. The highest BCUT2D eigenvalue weighted by atomic mass is 28.4. The smallest absolute Gasteiger partial charge is 0.303 e. The standard InChI is InChI=1S/C35H55N3O7Si/c1-10-24-17-19-25(20-18-24)27(23-45-46(8,9)35(5,6)7)36-32(43)28-21-26(39)22-38(28)33(44)31(34(2,3)4)37-29(40)15-13-11-12-14-16-30(41)42/h1,17-20,26-28,31,39H,11-16,21-23H2,2-9H3,(H,36,43)(H,37,40)(H,41,42)/t26-,27?,28+,31?/m1/s1. The van der Waals surface area contributed by atoms with Gasteiger partial charge in [0.2, 0.25) is 17.7 Å². The number of nitrogens with zero attached hydrogens (tertiary/aromatic N) is 1. The van der Waals surface area contributed by atoms with Gasteiger partial charge in [0.25, 0.3) is 0 Å². The van der Waals surface area contributed by atoms with Crippen molar-refractivity contribution in [1.82, 2.24) is 15.5 Å². The molecule has 4 atom stereocenters. The molecule has 1 aromatic carbocycles. The van der Waals surface area contributed by atoms with Gasteiger partial charge in [-0.2, -0.15) is 0 Å². The molecular weight excluding hydrogens is 602 g/mol. The third kappa shape index (κ3) is 11.5. The molecule has 10 nitrogen and oxygen atoms in total. The molecule has 2 unspecified atom stereocenters. The van der Waals surface area contributed by atoms with Gasteiger partial charge in [0, 0.05) is 31.4 Å². The summed E-state index contributed by atoms with van der Waals surface area (Å²) >= 11 is 0. The van der Waals surface area contributed by atoms with Gasteiger partial charge in [0.1, 0.15) is 12.1 Å². The SMILES string of the molecule is C#Cc1ccc(C(CO[Si](C)(C)C(C)(C)C)NC(=O)[C@@H]2C[C@@H](O)CN2C(=O)C(NC(=O)CCCCCCC(=O)O)C(C)(C)C)cc1. The molecule has 256 valence electrons. The summed E-state index contributed by atoms with van der Waals surface area (Å²) in [6, 6.07) is 4.97. The molecule has 2 rings (SSSR count). The topological polar surface area (TPSA) is 145 Å². The first-order chi connectivity index (χ1) is 21.3. The van der Waals surface area contributed by atoms with E-state index >= 15 is 0 Å². The molecule has 3 amide bonds. The zero-order valence-corrected chi connectivity index (χ0v) is 29.9. The normalized spacial score (nSPS) is 18.4. The van der Waals surface area contributed by atoms with Crippen LogP contribution in [0, 0.1) is 17.8 Å². The van der Waals surface area contributed by atoms with E-state index in [4.69, 9.17) is 16.0 Å². The molecule has 1 aliphatic heterocycles. The number of aliphatic hydroxyl groups is 1. The van der Waals surface area contributed by atoms with E-state index < -0.39 is 55.7 Å². The highest BCUT2D eigenvalue weighted by Crippen LogP contribution is 2.37. The molecule has 1 saturated heterocycles. The predicted octanol–water partition coefficient (Wildman–Crippen LogP) is 4.76. The van der Waals surface area contributed by atoms with Gasteiger partial charge < -0.3 is 30.2 Å². The van der Waals surface area contributed by atoms with Gasteiger partial charge in [0.15, 0.2) is 8.32 Å². The number of aliphatic carboxylic acids is 1. The van der Waals surface area contributed by atoms with E-state index in [9.17, 15) is 24.3 Å². The highest BCUT2D eigenvalue weighted by Gasteiger charge is 2.45. The minimum absolute atomic E-state index is 0.0229. The van der Waals surface area contributed by atoms with Crippen molar-refractivity contribution in [2.75, 3.05) is 13.2 Å². The van der Waals surface area contributed by atoms with Gasteiger partial charge in [-0.25, -0.2) is 0 Å².